The van der Waals surface area contributed by atoms with Crippen molar-refractivity contribution >= 4 is 35.2 Å². The maximum atomic E-state index is 7.40. The van der Waals surface area contributed by atoms with Gasteiger partial charge >= 0.3 is 0 Å². The fraction of sp³-hybridized carbons (Fsp3) is 0.750. The minimum Gasteiger partial charge on any atom is -0.377 e. The molecule has 2 rings (SSSR count). The van der Waals surface area contributed by atoms with E-state index in [1.807, 2.05) is 0 Å². The number of thioether (sulfide) groups is 1. The Hall–Kier alpha value is -0.260. The fourth-order valence-corrected chi connectivity index (χ4v) is 2.41. The third-order valence-corrected chi connectivity index (χ3v) is 3.18. The van der Waals surface area contributed by atoms with Gasteiger partial charge in [-0.1, -0.05) is 11.8 Å². The third kappa shape index (κ3) is 2.40. The second-order valence-electron chi connectivity index (χ2n) is 3.25. The van der Waals surface area contributed by atoms with Crippen molar-refractivity contribution in [2.75, 3.05) is 25.5 Å². The number of morpholine rings is 1. The molecule has 0 aliphatic carbocycles. The van der Waals surface area contributed by atoms with Crippen molar-refractivity contribution in [2.45, 2.75) is 13.0 Å². The van der Waals surface area contributed by atoms with Gasteiger partial charge in [0.2, 0.25) is 0 Å². The molecule has 1 atom stereocenters. The van der Waals surface area contributed by atoms with Crippen LogP contribution >= 0.6 is 24.2 Å². The van der Waals surface area contributed by atoms with Crippen LogP contribution in [0.5, 0.6) is 0 Å². The van der Waals surface area contributed by atoms with Crippen LogP contribution in [0.4, 0.5) is 0 Å². The van der Waals surface area contributed by atoms with Crippen molar-refractivity contribution in [2.24, 2.45) is 4.99 Å². The zero-order chi connectivity index (χ0) is 9.26. The maximum absolute atomic E-state index is 7.40. The average Bonchev–Trinajstić information content (AvgIpc) is 2.53. The van der Waals surface area contributed by atoms with Crippen LogP contribution in [-0.2, 0) is 4.74 Å². The predicted molar refractivity (Wildman–Crippen MR) is 61.9 cm³/mol. The van der Waals surface area contributed by atoms with Gasteiger partial charge in [-0.05, 0) is 6.92 Å². The van der Waals surface area contributed by atoms with Crippen LogP contribution in [0, 0.1) is 5.41 Å². The molecule has 1 unspecified atom stereocenters. The molecule has 4 nitrogen and oxygen atoms in total. The van der Waals surface area contributed by atoms with Crippen LogP contribution in [-0.4, -0.2) is 47.5 Å². The number of nitrogens with one attached hydrogen (secondary N) is 1. The third-order valence-electron chi connectivity index (χ3n) is 2.18. The summed E-state index contributed by atoms with van der Waals surface area (Å²) in [6.45, 7) is 4.58. The second-order valence-corrected chi connectivity index (χ2v) is 4.19. The number of hydrogen-bond donors (Lipinski definition) is 1. The summed E-state index contributed by atoms with van der Waals surface area (Å²) in [6, 6.07) is 0.394. The van der Waals surface area contributed by atoms with Gasteiger partial charge in [-0.2, -0.15) is 0 Å². The Bertz CT molecular complexity index is 259. The summed E-state index contributed by atoms with van der Waals surface area (Å²) in [5, 5.41) is 8.40. The van der Waals surface area contributed by atoms with Gasteiger partial charge in [0.1, 0.15) is 5.84 Å². The summed E-state index contributed by atoms with van der Waals surface area (Å²) in [5.41, 5.74) is 0. The number of hydrogen-bond acceptors (Lipinski definition) is 4. The van der Waals surface area contributed by atoms with E-state index in [1.165, 1.54) is 0 Å². The van der Waals surface area contributed by atoms with Crippen LogP contribution in [0.1, 0.15) is 6.92 Å². The van der Waals surface area contributed by atoms with Crippen LogP contribution in [0.3, 0.4) is 0 Å². The molecule has 80 valence electrons. The zero-order valence-corrected chi connectivity index (χ0v) is 9.66. The minimum atomic E-state index is 0. The van der Waals surface area contributed by atoms with E-state index in [4.69, 9.17) is 10.1 Å². The first kappa shape index (κ1) is 11.8. The van der Waals surface area contributed by atoms with Crippen molar-refractivity contribution in [3.8, 4) is 0 Å². The lowest BCUT2D eigenvalue weighted by Gasteiger charge is -2.34. The molecule has 14 heavy (non-hydrogen) atoms. The highest BCUT2D eigenvalue weighted by atomic mass is 35.5. The van der Waals surface area contributed by atoms with Crippen LogP contribution in [0.25, 0.3) is 0 Å². The molecule has 0 amide bonds. The molecule has 0 radical (unpaired) electrons. The highest BCUT2D eigenvalue weighted by molar-refractivity contribution is 8.14. The number of halogens is 1. The van der Waals surface area contributed by atoms with Gasteiger partial charge in [0.15, 0.2) is 5.17 Å². The molecule has 1 N–H and O–H groups in total. The minimum absolute atomic E-state index is 0. The SMILES string of the molecule is CC1COCCN1C1=NC(=N)CS1.Cl. The number of ether oxygens (including phenoxy) is 1. The predicted octanol–water partition coefficient (Wildman–Crippen LogP) is 1.21. The first-order valence-corrected chi connectivity index (χ1v) is 5.39. The summed E-state index contributed by atoms with van der Waals surface area (Å²) in [5.74, 6) is 1.21. The van der Waals surface area contributed by atoms with E-state index in [0.29, 0.717) is 11.9 Å². The normalized spacial score (nSPS) is 27.2. The topological polar surface area (TPSA) is 48.7 Å². The molecule has 2 aliphatic heterocycles. The molecule has 2 aliphatic rings. The molecule has 2 heterocycles. The lowest BCUT2D eigenvalue weighted by atomic mass is 10.3. The zero-order valence-electron chi connectivity index (χ0n) is 8.02. The van der Waals surface area contributed by atoms with E-state index < -0.39 is 0 Å². The Morgan fingerprint density at radius 2 is 2.43 bits per heavy atom. The summed E-state index contributed by atoms with van der Waals surface area (Å²) >= 11 is 1.66. The Balaban J connectivity index is 0.000000980. The van der Waals surface area contributed by atoms with Gasteiger partial charge < -0.3 is 9.64 Å². The monoisotopic (exact) mass is 235 g/mol. The van der Waals surface area contributed by atoms with Gasteiger partial charge in [0.05, 0.1) is 25.0 Å². The van der Waals surface area contributed by atoms with E-state index in [-0.39, 0.29) is 12.4 Å². The molecular weight excluding hydrogens is 222 g/mol. The molecular formula is C8H14ClN3OS. The standard InChI is InChI=1S/C8H13N3OS.ClH/c1-6-4-12-3-2-11(6)8-10-7(9)5-13-8;/h6,9H,2-5H2,1H3;1H. The number of rotatable bonds is 0. The highest BCUT2D eigenvalue weighted by Crippen LogP contribution is 2.20. The van der Waals surface area contributed by atoms with Crippen LogP contribution in [0.2, 0.25) is 0 Å². The Morgan fingerprint density at radius 3 is 3.00 bits per heavy atom. The molecule has 1 saturated heterocycles. The molecule has 0 aromatic heterocycles. The van der Waals surface area contributed by atoms with Crippen molar-refractivity contribution in [3.63, 3.8) is 0 Å². The molecule has 0 bridgehead atoms. The van der Waals surface area contributed by atoms with Crippen molar-refractivity contribution in [1.82, 2.24) is 4.90 Å². The van der Waals surface area contributed by atoms with Gasteiger partial charge in [0, 0.05) is 6.54 Å². The summed E-state index contributed by atoms with van der Waals surface area (Å²) in [7, 11) is 0. The molecule has 1 fully saturated rings. The fourth-order valence-electron chi connectivity index (χ4n) is 1.47. The Morgan fingerprint density at radius 1 is 1.64 bits per heavy atom. The first-order chi connectivity index (χ1) is 6.27. The van der Waals surface area contributed by atoms with Crippen molar-refractivity contribution in [1.29, 1.82) is 5.41 Å². The van der Waals surface area contributed by atoms with E-state index >= 15 is 0 Å². The van der Waals surface area contributed by atoms with E-state index in [1.54, 1.807) is 11.8 Å². The smallest absolute Gasteiger partial charge is 0.166 e. The Labute approximate surface area is 94.0 Å². The van der Waals surface area contributed by atoms with Gasteiger partial charge in [0.25, 0.3) is 0 Å². The van der Waals surface area contributed by atoms with Gasteiger partial charge in [-0.25, -0.2) is 4.99 Å². The van der Waals surface area contributed by atoms with E-state index in [9.17, 15) is 0 Å². The number of aliphatic imine (C=N–C) groups is 1. The van der Waals surface area contributed by atoms with Gasteiger partial charge in [-0.15, -0.1) is 12.4 Å². The average molecular weight is 236 g/mol. The van der Waals surface area contributed by atoms with E-state index in [0.717, 1.165) is 30.7 Å². The van der Waals surface area contributed by atoms with E-state index in [2.05, 4.69) is 16.8 Å². The first-order valence-electron chi connectivity index (χ1n) is 4.40. The summed E-state index contributed by atoms with van der Waals surface area (Å²) in [6.07, 6.45) is 0. The lowest BCUT2D eigenvalue weighted by Crippen LogP contribution is -2.45. The Kier molecular flexibility index (Phi) is 4.22. The maximum Gasteiger partial charge on any atom is 0.166 e. The second kappa shape index (κ2) is 5.00. The molecule has 0 spiro atoms. The number of amidine groups is 2. The van der Waals surface area contributed by atoms with Crippen LogP contribution in [0.15, 0.2) is 4.99 Å². The molecule has 0 aromatic rings. The summed E-state index contributed by atoms with van der Waals surface area (Å²) in [4.78, 5) is 6.43. The molecule has 0 saturated carbocycles. The molecule has 6 heteroatoms. The molecule has 0 aromatic carbocycles. The summed E-state index contributed by atoms with van der Waals surface area (Å²) < 4.78 is 5.34. The highest BCUT2D eigenvalue weighted by Gasteiger charge is 2.25. The quantitative estimate of drug-likeness (QED) is 0.687. The van der Waals surface area contributed by atoms with Crippen molar-refractivity contribution < 1.29 is 4.74 Å². The van der Waals surface area contributed by atoms with Crippen LogP contribution < -0.4 is 0 Å². The largest absolute Gasteiger partial charge is 0.377 e. The van der Waals surface area contributed by atoms with Gasteiger partial charge in [-0.3, -0.25) is 5.41 Å². The number of nitrogens with zero attached hydrogens (tertiary/aromatic N) is 2. The van der Waals surface area contributed by atoms with Crippen molar-refractivity contribution in [3.05, 3.63) is 0 Å². The lowest BCUT2D eigenvalue weighted by molar-refractivity contribution is 0.0348.